The van der Waals surface area contributed by atoms with Crippen molar-refractivity contribution in [2.75, 3.05) is 13.1 Å². The van der Waals surface area contributed by atoms with E-state index in [9.17, 15) is 18.0 Å². The highest BCUT2D eigenvalue weighted by Crippen LogP contribution is 2.32. The Bertz CT molecular complexity index is 1210. The van der Waals surface area contributed by atoms with Gasteiger partial charge in [0.2, 0.25) is 0 Å². The maximum atomic E-state index is 12.7. The average molecular weight is 500 g/mol. The molecule has 1 unspecified atom stereocenters. The van der Waals surface area contributed by atoms with Gasteiger partial charge in [0.05, 0.1) is 17.7 Å². The minimum atomic E-state index is -4.79. The number of alkyl halides is 3. The van der Waals surface area contributed by atoms with E-state index in [0.29, 0.717) is 23.6 Å². The van der Waals surface area contributed by atoms with Crippen LogP contribution in [-0.2, 0) is 0 Å². The summed E-state index contributed by atoms with van der Waals surface area (Å²) in [4.78, 5) is 14.9. The third-order valence-corrected chi connectivity index (χ3v) is 6.06. The molecule has 3 aromatic carbocycles. The summed E-state index contributed by atoms with van der Waals surface area (Å²) in [5.74, 6) is -0.744. The number of nitriles is 1. The summed E-state index contributed by atoms with van der Waals surface area (Å²) < 4.78 is 40.9. The number of halogens is 4. The van der Waals surface area contributed by atoms with E-state index in [4.69, 9.17) is 16.9 Å². The van der Waals surface area contributed by atoms with E-state index in [0.717, 1.165) is 29.8 Å². The van der Waals surface area contributed by atoms with Gasteiger partial charge in [0, 0.05) is 29.7 Å². The number of carbonyl (C=O) groups is 1. The lowest BCUT2D eigenvalue weighted by Gasteiger charge is -2.29. The summed E-state index contributed by atoms with van der Waals surface area (Å²) in [6.07, 6.45) is -4.08. The van der Waals surface area contributed by atoms with Crippen LogP contribution >= 0.6 is 11.6 Å². The van der Waals surface area contributed by atoms with Gasteiger partial charge in [-0.2, -0.15) is 5.26 Å². The molecule has 2 atom stereocenters. The van der Waals surface area contributed by atoms with Crippen LogP contribution in [0, 0.1) is 11.3 Å². The van der Waals surface area contributed by atoms with E-state index in [1.807, 2.05) is 36.4 Å². The van der Waals surface area contributed by atoms with Gasteiger partial charge in [-0.05, 0) is 66.1 Å². The van der Waals surface area contributed by atoms with E-state index < -0.39 is 6.36 Å². The van der Waals surface area contributed by atoms with Gasteiger partial charge in [0.15, 0.2) is 0 Å². The van der Waals surface area contributed by atoms with Crippen molar-refractivity contribution in [2.24, 2.45) is 0 Å². The largest absolute Gasteiger partial charge is 0.573 e. The van der Waals surface area contributed by atoms with Gasteiger partial charge in [0.1, 0.15) is 5.75 Å². The third-order valence-electron chi connectivity index (χ3n) is 5.81. The van der Waals surface area contributed by atoms with Crippen molar-refractivity contribution in [3.05, 3.63) is 100 Å². The zero-order valence-electron chi connectivity index (χ0n) is 18.4. The summed E-state index contributed by atoms with van der Waals surface area (Å²) in [7, 11) is 0. The second-order valence-electron chi connectivity index (χ2n) is 8.21. The summed E-state index contributed by atoms with van der Waals surface area (Å²) >= 11 is 6.08. The minimum Gasteiger partial charge on any atom is -0.406 e. The molecule has 3 aromatic rings. The van der Waals surface area contributed by atoms with E-state index in [-0.39, 0.29) is 29.3 Å². The zero-order valence-corrected chi connectivity index (χ0v) is 19.2. The minimum absolute atomic E-state index is 0.0966. The van der Waals surface area contributed by atoms with E-state index in [1.54, 1.807) is 12.1 Å². The molecule has 0 saturated carbocycles. The van der Waals surface area contributed by atoms with Gasteiger partial charge < -0.3 is 10.1 Å². The van der Waals surface area contributed by atoms with Gasteiger partial charge in [-0.3, -0.25) is 9.69 Å². The Morgan fingerprint density at radius 3 is 2.20 bits per heavy atom. The van der Waals surface area contributed by atoms with Crippen molar-refractivity contribution in [2.45, 2.75) is 24.9 Å². The number of hydrogen-bond acceptors (Lipinski definition) is 4. The molecule has 180 valence electrons. The summed E-state index contributed by atoms with van der Waals surface area (Å²) in [5.41, 5.74) is 2.87. The molecule has 4 rings (SSSR count). The van der Waals surface area contributed by atoms with Crippen LogP contribution in [-0.4, -0.2) is 36.3 Å². The van der Waals surface area contributed by atoms with Crippen LogP contribution in [0.15, 0.2) is 72.8 Å². The first-order chi connectivity index (χ1) is 16.7. The number of rotatable bonds is 6. The van der Waals surface area contributed by atoms with Crippen LogP contribution in [0.4, 0.5) is 13.2 Å². The molecule has 0 radical (unpaired) electrons. The maximum absolute atomic E-state index is 12.7. The lowest BCUT2D eigenvalue weighted by molar-refractivity contribution is -0.274. The average Bonchev–Trinajstić information content (AvgIpc) is 3.28. The number of likely N-dealkylation sites (tertiary alicyclic amines) is 1. The first kappa shape index (κ1) is 24.6. The molecule has 1 aliphatic heterocycles. The normalized spacial score (nSPS) is 16.9. The van der Waals surface area contributed by atoms with Crippen LogP contribution in [0.5, 0.6) is 5.75 Å². The Balaban J connectivity index is 1.46. The van der Waals surface area contributed by atoms with Crippen LogP contribution in [0.3, 0.4) is 0 Å². The second-order valence-corrected chi connectivity index (χ2v) is 8.65. The van der Waals surface area contributed by atoms with Crippen molar-refractivity contribution in [3.8, 4) is 11.8 Å². The molecule has 5 nitrogen and oxygen atoms in total. The van der Waals surface area contributed by atoms with Crippen molar-refractivity contribution in [1.29, 1.82) is 5.26 Å². The smallest absolute Gasteiger partial charge is 0.406 e. The van der Waals surface area contributed by atoms with Crippen LogP contribution in [0.2, 0.25) is 5.02 Å². The third kappa shape index (κ3) is 6.32. The molecule has 9 heteroatoms. The Morgan fingerprint density at radius 1 is 1.03 bits per heavy atom. The number of ether oxygens (including phenoxy) is 1. The number of hydrogen-bond donors (Lipinski definition) is 1. The van der Waals surface area contributed by atoms with E-state index in [2.05, 4.69) is 21.0 Å². The standard InChI is InChI=1S/C26H21ClF3N3O2/c27-21-9-5-19(6-10-21)24(18-3-1-17(15-31)2-4-18)33-14-13-22(16-33)32-25(34)20-7-11-23(12-8-20)35-26(28,29)30/h1-12,22,24H,13-14,16H2,(H,32,34)/t22-,24?/m1/s1. The predicted molar refractivity (Wildman–Crippen MR) is 125 cm³/mol. The quantitative estimate of drug-likeness (QED) is 0.472. The fourth-order valence-corrected chi connectivity index (χ4v) is 4.34. The Hall–Kier alpha value is -3.54. The van der Waals surface area contributed by atoms with Crippen molar-refractivity contribution < 1.29 is 22.7 Å². The molecule has 0 aliphatic carbocycles. The molecule has 1 N–H and O–H groups in total. The fraction of sp³-hybridized carbons (Fsp3) is 0.231. The molecular weight excluding hydrogens is 479 g/mol. The van der Waals surface area contributed by atoms with Crippen LogP contribution < -0.4 is 10.1 Å². The van der Waals surface area contributed by atoms with Gasteiger partial charge in [0.25, 0.3) is 5.91 Å². The summed E-state index contributed by atoms with van der Waals surface area (Å²) in [6, 6.07) is 21.7. The van der Waals surface area contributed by atoms with Crippen molar-refractivity contribution >= 4 is 17.5 Å². The lowest BCUT2D eigenvalue weighted by Crippen LogP contribution is -2.38. The first-order valence-electron chi connectivity index (χ1n) is 10.9. The van der Waals surface area contributed by atoms with Gasteiger partial charge >= 0.3 is 6.36 Å². The Kier molecular flexibility index (Phi) is 7.29. The monoisotopic (exact) mass is 499 g/mol. The highest BCUT2D eigenvalue weighted by atomic mass is 35.5. The fourth-order valence-electron chi connectivity index (χ4n) is 4.22. The summed E-state index contributed by atoms with van der Waals surface area (Å²) in [5, 5.41) is 12.7. The molecule has 0 aromatic heterocycles. The highest BCUT2D eigenvalue weighted by molar-refractivity contribution is 6.30. The molecule has 1 aliphatic rings. The Labute approximate surface area is 205 Å². The van der Waals surface area contributed by atoms with Crippen molar-refractivity contribution in [1.82, 2.24) is 10.2 Å². The van der Waals surface area contributed by atoms with Crippen LogP contribution in [0.1, 0.15) is 39.5 Å². The van der Waals surface area contributed by atoms with E-state index in [1.165, 1.54) is 12.1 Å². The van der Waals surface area contributed by atoms with E-state index >= 15 is 0 Å². The SMILES string of the molecule is N#Cc1ccc(C(c2ccc(Cl)cc2)N2CC[C@@H](NC(=O)c3ccc(OC(F)(F)F)cc3)C2)cc1. The van der Waals surface area contributed by atoms with Gasteiger partial charge in [-0.25, -0.2) is 0 Å². The molecule has 35 heavy (non-hydrogen) atoms. The highest BCUT2D eigenvalue weighted by Gasteiger charge is 2.32. The topological polar surface area (TPSA) is 65.4 Å². The molecule has 0 bridgehead atoms. The van der Waals surface area contributed by atoms with Crippen LogP contribution in [0.25, 0.3) is 0 Å². The number of carbonyl (C=O) groups excluding carboxylic acids is 1. The zero-order chi connectivity index (χ0) is 25.0. The lowest BCUT2D eigenvalue weighted by atomic mass is 9.96. The first-order valence-corrected chi connectivity index (χ1v) is 11.3. The second kappa shape index (κ2) is 10.4. The molecule has 1 amide bonds. The molecule has 1 saturated heterocycles. The molecular formula is C26H21ClF3N3O2. The molecule has 1 fully saturated rings. The maximum Gasteiger partial charge on any atom is 0.573 e. The number of nitrogens with zero attached hydrogens (tertiary/aromatic N) is 2. The van der Waals surface area contributed by atoms with Gasteiger partial charge in [-0.1, -0.05) is 35.9 Å². The predicted octanol–water partition coefficient (Wildman–Crippen LogP) is 5.70. The Morgan fingerprint density at radius 2 is 1.63 bits per heavy atom. The van der Waals surface area contributed by atoms with Crippen molar-refractivity contribution in [3.63, 3.8) is 0 Å². The molecule has 0 spiro atoms. The number of amides is 1. The van der Waals surface area contributed by atoms with Gasteiger partial charge in [-0.15, -0.1) is 13.2 Å². The summed E-state index contributed by atoms with van der Waals surface area (Å²) in [6.45, 7) is 1.30. The number of nitrogens with one attached hydrogen (secondary N) is 1. The number of benzene rings is 3. The molecule has 1 heterocycles.